The number of aromatic hydroxyl groups is 1. The lowest BCUT2D eigenvalue weighted by atomic mass is 10.1. The Morgan fingerprint density at radius 3 is 2.72 bits per heavy atom. The van der Waals surface area contributed by atoms with Gasteiger partial charge >= 0.3 is 5.97 Å². The molecule has 8 heteroatoms. The molecule has 0 fully saturated rings. The molecule has 148 valence electrons. The summed E-state index contributed by atoms with van der Waals surface area (Å²) in [5.74, 6) is -0.849. The number of nitrogens with zero attached hydrogens (tertiary/aromatic N) is 1. The quantitative estimate of drug-likeness (QED) is 0.521. The number of para-hydroxylation sites is 1. The number of carbonyl (C=O) groups is 2. The van der Waals surface area contributed by atoms with Gasteiger partial charge in [0.15, 0.2) is 11.5 Å². The van der Waals surface area contributed by atoms with E-state index in [0.29, 0.717) is 17.1 Å². The molecule has 0 atom stereocenters. The minimum atomic E-state index is -1.15. The molecule has 29 heavy (non-hydrogen) atoms. The van der Waals surface area contributed by atoms with Crippen molar-refractivity contribution in [3.63, 3.8) is 0 Å². The largest absolute Gasteiger partial charge is 0.506 e. The van der Waals surface area contributed by atoms with Crippen LogP contribution >= 0.6 is 0 Å². The summed E-state index contributed by atoms with van der Waals surface area (Å²) < 4.78 is 10.7. The Bertz CT molecular complexity index is 1070. The monoisotopic (exact) mass is 394 g/mol. The Morgan fingerprint density at radius 2 is 2.00 bits per heavy atom. The Balaban J connectivity index is 1.68. The lowest BCUT2D eigenvalue weighted by molar-refractivity contribution is -0.114. The highest BCUT2D eigenvalue weighted by Crippen LogP contribution is 2.33. The zero-order chi connectivity index (χ0) is 20.8. The van der Waals surface area contributed by atoms with E-state index in [9.17, 15) is 14.7 Å². The van der Waals surface area contributed by atoms with Crippen molar-refractivity contribution in [1.29, 1.82) is 0 Å². The van der Waals surface area contributed by atoms with E-state index in [0.717, 1.165) is 5.56 Å². The molecular formula is C21H18N2O6. The molecule has 3 N–H and O–H groups in total. The topological polar surface area (TPSA) is 122 Å². The van der Waals surface area contributed by atoms with Gasteiger partial charge in [0.25, 0.3) is 0 Å². The van der Waals surface area contributed by atoms with Crippen molar-refractivity contribution >= 4 is 23.6 Å². The summed E-state index contributed by atoms with van der Waals surface area (Å²) in [4.78, 5) is 22.2. The fraction of sp³-hybridized carbons (Fsp3) is 0.0952. The molecule has 0 aliphatic heterocycles. The number of hydrogen-bond donors (Lipinski definition) is 3. The zero-order valence-electron chi connectivity index (χ0n) is 15.5. The van der Waals surface area contributed by atoms with Crippen LogP contribution in [0.2, 0.25) is 0 Å². The van der Waals surface area contributed by atoms with Crippen molar-refractivity contribution < 1.29 is 29.1 Å². The summed E-state index contributed by atoms with van der Waals surface area (Å²) in [7, 11) is 0. The highest BCUT2D eigenvalue weighted by molar-refractivity contribution is 5.92. The van der Waals surface area contributed by atoms with Crippen molar-refractivity contribution in [2.24, 2.45) is 0 Å². The molecule has 0 bridgehead atoms. The van der Waals surface area contributed by atoms with Crippen molar-refractivity contribution in [3.05, 3.63) is 65.9 Å². The maximum Gasteiger partial charge on any atom is 0.358 e. The van der Waals surface area contributed by atoms with Gasteiger partial charge in [0.05, 0.1) is 0 Å². The normalized spacial score (nSPS) is 10.8. The predicted molar refractivity (Wildman–Crippen MR) is 106 cm³/mol. The minimum Gasteiger partial charge on any atom is -0.506 e. The molecule has 2 aromatic carbocycles. The van der Waals surface area contributed by atoms with Crippen LogP contribution in [0.25, 0.3) is 17.4 Å². The fourth-order valence-corrected chi connectivity index (χ4v) is 2.57. The van der Waals surface area contributed by atoms with Gasteiger partial charge < -0.3 is 24.8 Å². The van der Waals surface area contributed by atoms with E-state index in [1.54, 1.807) is 24.3 Å². The molecule has 0 aliphatic carbocycles. The van der Waals surface area contributed by atoms with Crippen LogP contribution in [0.5, 0.6) is 11.5 Å². The molecule has 0 saturated heterocycles. The molecule has 0 radical (unpaired) electrons. The number of amides is 1. The van der Waals surface area contributed by atoms with Gasteiger partial charge in [-0.05, 0) is 29.8 Å². The molecule has 8 nitrogen and oxygen atoms in total. The second kappa shape index (κ2) is 8.75. The molecule has 3 rings (SSSR count). The van der Waals surface area contributed by atoms with E-state index < -0.39 is 5.97 Å². The van der Waals surface area contributed by atoms with Crippen LogP contribution in [0.15, 0.2) is 59.1 Å². The smallest absolute Gasteiger partial charge is 0.358 e. The first-order valence-electron chi connectivity index (χ1n) is 8.63. The number of phenolic OH excluding ortho intramolecular Hbond substituents is 1. The number of aromatic nitrogens is 1. The first-order chi connectivity index (χ1) is 13.9. The SMILES string of the molecule is CC(=O)Nc1c(O)cccc1OC/C=C/c1cccc(-c2cc(C(=O)O)no2)c1. The Kier molecular flexibility index (Phi) is 5.94. The van der Waals surface area contributed by atoms with E-state index >= 15 is 0 Å². The maximum atomic E-state index is 11.3. The number of carbonyl (C=O) groups excluding carboxylic acids is 1. The van der Waals surface area contributed by atoms with Crippen LogP contribution in [-0.2, 0) is 4.79 Å². The summed E-state index contributed by atoms with van der Waals surface area (Å²) in [6.45, 7) is 1.54. The summed E-state index contributed by atoms with van der Waals surface area (Å²) >= 11 is 0. The Morgan fingerprint density at radius 1 is 1.21 bits per heavy atom. The van der Waals surface area contributed by atoms with Gasteiger partial charge in [-0.3, -0.25) is 4.79 Å². The number of rotatable bonds is 7. The summed E-state index contributed by atoms with van der Waals surface area (Å²) in [5.41, 5.74) is 1.59. The number of carboxylic acid groups (broad SMARTS) is 1. The predicted octanol–water partition coefficient (Wildman–Crippen LogP) is 3.80. The van der Waals surface area contributed by atoms with Gasteiger partial charge in [-0.1, -0.05) is 35.5 Å². The van der Waals surface area contributed by atoms with Crippen molar-refractivity contribution in [2.45, 2.75) is 6.92 Å². The average Bonchev–Trinajstić information content (AvgIpc) is 3.18. The highest BCUT2D eigenvalue weighted by atomic mass is 16.5. The van der Waals surface area contributed by atoms with Crippen molar-refractivity contribution in [3.8, 4) is 22.8 Å². The highest BCUT2D eigenvalue weighted by Gasteiger charge is 2.12. The summed E-state index contributed by atoms with van der Waals surface area (Å²) in [6.07, 6.45) is 3.59. The van der Waals surface area contributed by atoms with Crippen LogP contribution in [-0.4, -0.2) is 33.9 Å². The van der Waals surface area contributed by atoms with Crippen molar-refractivity contribution in [1.82, 2.24) is 5.16 Å². The summed E-state index contributed by atoms with van der Waals surface area (Å²) in [6, 6.07) is 13.4. The number of ether oxygens (including phenoxy) is 1. The first-order valence-corrected chi connectivity index (χ1v) is 8.63. The second-order valence-corrected chi connectivity index (χ2v) is 6.05. The fourth-order valence-electron chi connectivity index (χ4n) is 2.57. The molecule has 1 aromatic heterocycles. The molecule has 0 aliphatic rings. The Labute approximate surface area is 166 Å². The zero-order valence-corrected chi connectivity index (χ0v) is 15.5. The maximum absolute atomic E-state index is 11.3. The number of nitrogens with one attached hydrogen (secondary N) is 1. The molecule has 0 saturated carbocycles. The third kappa shape index (κ3) is 5.01. The van der Waals surface area contributed by atoms with Gasteiger partial charge in [-0.2, -0.15) is 0 Å². The van der Waals surface area contributed by atoms with Crippen LogP contribution in [0.3, 0.4) is 0 Å². The van der Waals surface area contributed by atoms with Crippen molar-refractivity contribution in [2.75, 3.05) is 11.9 Å². The van der Waals surface area contributed by atoms with E-state index in [1.165, 1.54) is 19.1 Å². The molecular weight excluding hydrogens is 376 g/mol. The standard InChI is InChI=1S/C21H18N2O6/c1-13(24)22-20-17(25)8-3-9-18(20)28-10-4-6-14-5-2-7-15(11-14)19-12-16(21(26)27)23-29-19/h2-9,11-12,25H,10H2,1H3,(H,22,24)(H,26,27)/b6-4+. The van der Waals surface area contributed by atoms with Gasteiger partial charge in [-0.25, -0.2) is 4.79 Å². The van der Waals surface area contributed by atoms with E-state index in [-0.39, 0.29) is 29.6 Å². The van der Waals surface area contributed by atoms with Gasteiger partial charge in [0, 0.05) is 18.6 Å². The summed E-state index contributed by atoms with van der Waals surface area (Å²) in [5, 5.41) is 24.9. The van der Waals surface area contributed by atoms with Gasteiger partial charge in [0.1, 0.15) is 23.8 Å². The third-order valence-electron chi connectivity index (χ3n) is 3.85. The molecule has 0 unspecified atom stereocenters. The number of anilines is 1. The van der Waals surface area contributed by atoms with E-state index in [4.69, 9.17) is 14.4 Å². The third-order valence-corrected chi connectivity index (χ3v) is 3.85. The van der Waals surface area contributed by atoms with Gasteiger partial charge in [-0.15, -0.1) is 0 Å². The molecule has 1 heterocycles. The lowest BCUT2D eigenvalue weighted by Gasteiger charge is -2.11. The minimum absolute atomic E-state index is 0.0813. The molecule has 1 amide bonds. The van der Waals surface area contributed by atoms with E-state index in [2.05, 4.69) is 10.5 Å². The number of phenols is 1. The van der Waals surface area contributed by atoms with Crippen LogP contribution in [0, 0.1) is 0 Å². The van der Waals surface area contributed by atoms with E-state index in [1.807, 2.05) is 24.3 Å². The molecule has 0 spiro atoms. The number of aromatic carboxylic acids is 1. The van der Waals surface area contributed by atoms with Gasteiger partial charge in [0.2, 0.25) is 5.91 Å². The van der Waals surface area contributed by atoms with Crippen LogP contribution in [0.1, 0.15) is 23.0 Å². The van der Waals surface area contributed by atoms with Crippen LogP contribution in [0.4, 0.5) is 5.69 Å². The second-order valence-electron chi connectivity index (χ2n) is 6.05. The first kappa shape index (κ1) is 19.7. The molecule has 3 aromatic rings. The average molecular weight is 394 g/mol. The van der Waals surface area contributed by atoms with Crippen LogP contribution < -0.4 is 10.1 Å². The number of hydrogen-bond acceptors (Lipinski definition) is 6. The number of carboxylic acids is 1. The Hall–Kier alpha value is -4.07. The lowest BCUT2D eigenvalue weighted by Crippen LogP contribution is -2.08. The number of benzene rings is 2.